The number of nitrogens with zero attached hydrogens (tertiary/aromatic N) is 2. The summed E-state index contributed by atoms with van der Waals surface area (Å²) in [5, 5.41) is 4.82. The number of furan rings is 1. The number of hydrogen-bond donors (Lipinski definition) is 0. The van der Waals surface area contributed by atoms with Crippen molar-refractivity contribution in [3.63, 3.8) is 0 Å². The minimum atomic E-state index is 0.914. The van der Waals surface area contributed by atoms with E-state index in [0.717, 1.165) is 59.0 Å². The average Bonchev–Trinajstić information content (AvgIpc) is 3.54. The van der Waals surface area contributed by atoms with Crippen molar-refractivity contribution in [3.05, 3.63) is 134 Å². The molecule has 0 aliphatic heterocycles. The second-order valence-corrected chi connectivity index (χ2v) is 10.2. The second kappa shape index (κ2) is 11.2. The van der Waals surface area contributed by atoms with Gasteiger partial charge in [-0.3, -0.25) is 0 Å². The molecule has 0 bridgehead atoms. The van der Waals surface area contributed by atoms with Crippen LogP contribution in [0.1, 0.15) is 25.7 Å². The van der Waals surface area contributed by atoms with E-state index in [-0.39, 0.29) is 0 Å². The van der Waals surface area contributed by atoms with Crippen LogP contribution >= 0.6 is 0 Å². The number of para-hydroxylation sites is 3. The van der Waals surface area contributed by atoms with Crippen LogP contribution in [0.2, 0.25) is 0 Å². The third-order valence-corrected chi connectivity index (χ3v) is 7.71. The van der Waals surface area contributed by atoms with Crippen molar-refractivity contribution in [2.24, 2.45) is 0 Å². The minimum Gasteiger partial charge on any atom is -0.456 e. The first-order valence-corrected chi connectivity index (χ1v) is 14.0. The molecule has 0 fully saturated rings. The van der Waals surface area contributed by atoms with Gasteiger partial charge in [0.25, 0.3) is 0 Å². The summed E-state index contributed by atoms with van der Waals surface area (Å²) >= 11 is 0. The largest absolute Gasteiger partial charge is 0.456 e. The average molecular weight is 523 g/mol. The molecule has 4 aromatic carbocycles. The number of benzene rings is 4. The van der Waals surface area contributed by atoms with Gasteiger partial charge in [0, 0.05) is 34.6 Å². The third kappa shape index (κ3) is 4.65. The highest BCUT2D eigenvalue weighted by atomic mass is 16.3. The van der Waals surface area contributed by atoms with Crippen molar-refractivity contribution >= 4 is 55.1 Å². The van der Waals surface area contributed by atoms with E-state index in [2.05, 4.69) is 121 Å². The SMILES string of the molecule is C=C/C=C(\CCCC/C=C\C(=C)n1c2ccccc2c2ccccc21)N(C)c1cccc2oc3ccccc3c12. The smallest absolute Gasteiger partial charge is 0.137 e. The van der Waals surface area contributed by atoms with Crippen LogP contribution in [-0.2, 0) is 0 Å². The van der Waals surface area contributed by atoms with E-state index < -0.39 is 0 Å². The Morgan fingerprint density at radius 1 is 0.800 bits per heavy atom. The van der Waals surface area contributed by atoms with E-state index in [1.54, 1.807) is 0 Å². The van der Waals surface area contributed by atoms with Gasteiger partial charge in [-0.1, -0.05) is 86.0 Å². The Hall–Kier alpha value is -4.76. The highest BCUT2D eigenvalue weighted by Crippen LogP contribution is 2.37. The zero-order valence-corrected chi connectivity index (χ0v) is 23.0. The molecule has 2 heterocycles. The maximum absolute atomic E-state index is 6.12. The van der Waals surface area contributed by atoms with Gasteiger partial charge in [-0.15, -0.1) is 0 Å². The van der Waals surface area contributed by atoms with Gasteiger partial charge < -0.3 is 13.9 Å². The Labute approximate surface area is 235 Å². The van der Waals surface area contributed by atoms with Crippen molar-refractivity contribution in [2.45, 2.75) is 25.7 Å². The molecule has 0 atom stereocenters. The first-order valence-electron chi connectivity index (χ1n) is 14.0. The molecule has 3 heteroatoms. The van der Waals surface area contributed by atoms with Crippen LogP contribution in [0.5, 0.6) is 0 Å². The highest BCUT2D eigenvalue weighted by molar-refractivity contribution is 6.12. The fourth-order valence-corrected chi connectivity index (χ4v) is 5.78. The maximum atomic E-state index is 6.12. The van der Waals surface area contributed by atoms with Crippen LogP contribution in [-0.4, -0.2) is 11.6 Å². The predicted octanol–water partition coefficient (Wildman–Crippen LogP) is 10.5. The lowest BCUT2D eigenvalue weighted by atomic mass is 10.1. The lowest BCUT2D eigenvalue weighted by Gasteiger charge is -2.24. The molecule has 0 radical (unpaired) electrons. The Balaban J connectivity index is 1.13. The number of fused-ring (bicyclic) bond motifs is 6. The normalized spacial score (nSPS) is 12.3. The number of hydrogen-bond acceptors (Lipinski definition) is 2. The zero-order chi connectivity index (χ0) is 27.5. The number of anilines is 1. The first-order chi connectivity index (χ1) is 19.7. The summed E-state index contributed by atoms with van der Waals surface area (Å²) in [5.41, 5.74) is 7.61. The van der Waals surface area contributed by atoms with Crippen LogP contribution in [0, 0.1) is 0 Å². The number of rotatable bonds is 10. The van der Waals surface area contributed by atoms with E-state index in [1.807, 2.05) is 24.3 Å². The minimum absolute atomic E-state index is 0.914. The van der Waals surface area contributed by atoms with E-state index in [0.29, 0.717) is 0 Å². The van der Waals surface area contributed by atoms with Crippen molar-refractivity contribution in [1.29, 1.82) is 0 Å². The summed E-state index contributed by atoms with van der Waals surface area (Å²) < 4.78 is 8.38. The molecule has 40 heavy (non-hydrogen) atoms. The maximum Gasteiger partial charge on any atom is 0.137 e. The third-order valence-electron chi connectivity index (χ3n) is 7.71. The van der Waals surface area contributed by atoms with Crippen LogP contribution in [0.25, 0.3) is 49.4 Å². The fraction of sp³-hybridized carbons (Fsp3) is 0.135. The van der Waals surface area contributed by atoms with Gasteiger partial charge in [0.15, 0.2) is 0 Å². The van der Waals surface area contributed by atoms with Crippen LogP contribution in [0.15, 0.2) is 139 Å². The fourth-order valence-electron chi connectivity index (χ4n) is 5.78. The van der Waals surface area contributed by atoms with Gasteiger partial charge in [0.2, 0.25) is 0 Å². The van der Waals surface area contributed by atoms with Gasteiger partial charge in [0.05, 0.1) is 22.1 Å². The monoisotopic (exact) mass is 522 g/mol. The standard InChI is InChI=1S/C37H34N2O/c1-4-16-28(38(3)34-24-15-26-36-37(34)31-21-11-14-25-35(31)40-36)18-8-6-5-7-17-27(2)39-32-22-12-9-19-29(32)30-20-10-13-23-33(30)39/h4,7,9-17,19-26H,1-2,5-6,8,18H2,3H3/b17-7-,28-16+. The van der Waals surface area contributed by atoms with Crippen molar-refractivity contribution in [3.8, 4) is 0 Å². The summed E-state index contributed by atoms with van der Waals surface area (Å²) in [6, 6.07) is 31.6. The van der Waals surface area contributed by atoms with E-state index >= 15 is 0 Å². The van der Waals surface area contributed by atoms with Gasteiger partial charge >= 0.3 is 0 Å². The molecular formula is C37H34N2O. The van der Waals surface area contributed by atoms with Crippen LogP contribution in [0.3, 0.4) is 0 Å². The molecular weight excluding hydrogens is 488 g/mol. The molecule has 0 N–H and O–H groups in total. The molecule has 6 aromatic rings. The molecule has 2 aromatic heterocycles. The van der Waals surface area contributed by atoms with Crippen LogP contribution in [0.4, 0.5) is 5.69 Å². The first kappa shape index (κ1) is 25.5. The predicted molar refractivity (Wildman–Crippen MR) is 173 cm³/mol. The molecule has 0 amide bonds. The quantitative estimate of drug-likeness (QED) is 0.132. The van der Waals surface area contributed by atoms with Crippen LogP contribution < -0.4 is 4.90 Å². The summed E-state index contributed by atoms with van der Waals surface area (Å²) in [6.07, 6.45) is 12.6. The molecule has 0 saturated carbocycles. The zero-order valence-electron chi connectivity index (χ0n) is 23.0. The summed E-state index contributed by atoms with van der Waals surface area (Å²) in [6.45, 7) is 8.39. The summed E-state index contributed by atoms with van der Waals surface area (Å²) in [4.78, 5) is 2.28. The molecule has 0 aliphatic rings. The molecule has 0 aliphatic carbocycles. The van der Waals surface area contributed by atoms with E-state index in [1.165, 1.54) is 27.5 Å². The van der Waals surface area contributed by atoms with Gasteiger partial charge in [-0.2, -0.15) is 0 Å². The van der Waals surface area contributed by atoms with Gasteiger partial charge in [-0.05, 0) is 68.2 Å². The topological polar surface area (TPSA) is 21.3 Å². The molecule has 0 saturated heterocycles. The molecule has 3 nitrogen and oxygen atoms in total. The molecule has 198 valence electrons. The van der Waals surface area contributed by atoms with Crippen molar-refractivity contribution in [2.75, 3.05) is 11.9 Å². The number of unbranched alkanes of at least 4 members (excludes halogenated alkanes) is 2. The highest BCUT2D eigenvalue weighted by Gasteiger charge is 2.15. The Kier molecular flexibility index (Phi) is 7.11. The number of allylic oxidation sites excluding steroid dienone is 6. The molecule has 0 spiro atoms. The lowest BCUT2D eigenvalue weighted by Crippen LogP contribution is -2.16. The Morgan fingerprint density at radius 2 is 1.45 bits per heavy atom. The van der Waals surface area contributed by atoms with Crippen molar-refractivity contribution in [1.82, 2.24) is 4.57 Å². The molecule has 6 rings (SSSR count). The van der Waals surface area contributed by atoms with Gasteiger partial charge in [0.1, 0.15) is 11.2 Å². The molecule has 0 unspecified atom stereocenters. The lowest BCUT2D eigenvalue weighted by molar-refractivity contribution is 0.669. The number of aromatic nitrogens is 1. The Bertz CT molecular complexity index is 1860. The van der Waals surface area contributed by atoms with E-state index in [9.17, 15) is 0 Å². The van der Waals surface area contributed by atoms with Gasteiger partial charge in [-0.25, -0.2) is 0 Å². The Morgan fingerprint density at radius 3 is 2.17 bits per heavy atom. The summed E-state index contributed by atoms with van der Waals surface area (Å²) in [7, 11) is 2.14. The van der Waals surface area contributed by atoms with Crippen molar-refractivity contribution < 1.29 is 4.42 Å². The van der Waals surface area contributed by atoms with E-state index in [4.69, 9.17) is 4.42 Å². The second-order valence-electron chi connectivity index (χ2n) is 10.2. The summed E-state index contributed by atoms with van der Waals surface area (Å²) in [5.74, 6) is 0.